The summed E-state index contributed by atoms with van der Waals surface area (Å²) in [4.78, 5) is 22.0. The summed E-state index contributed by atoms with van der Waals surface area (Å²) in [6.07, 6.45) is 3.92. The molecule has 0 amide bonds. The number of esters is 1. The van der Waals surface area contributed by atoms with Gasteiger partial charge in [0.1, 0.15) is 0 Å². The van der Waals surface area contributed by atoms with Gasteiger partial charge in [0.25, 0.3) is 5.89 Å². The summed E-state index contributed by atoms with van der Waals surface area (Å²) in [7, 11) is 0. The van der Waals surface area contributed by atoms with Crippen LogP contribution in [0.1, 0.15) is 42.5 Å². The van der Waals surface area contributed by atoms with E-state index in [1.165, 1.54) is 0 Å². The summed E-state index contributed by atoms with van der Waals surface area (Å²) in [5.74, 6) is 0.555. The molecule has 0 bridgehead atoms. The summed E-state index contributed by atoms with van der Waals surface area (Å²) in [5, 5.41) is 8.89. The van der Waals surface area contributed by atoms with Crippen LogP contribution in [0.15, 0.2) is 45.6 Å². The van der Waals surface area contributed by atoms with Crippen LogP contribution < -0.4 is 0 Å². The summed E-state index contributed by atoms with van der Waals surface area (Å²) in [5.41, 5.74) is 1.90. The highest BCUT2D eigenvalue weighted by Gasteiger charge is 2.35. The molecular weight excluding hydrogens is 406 g/mol. The number of aromatic nitrogens is 3. The van der Waals surface area contributed by atoms with Crippen molar-refractivity contribution in [3.63, 3.8) is 0 Å². The van der Waals surface area contributed by atoms with Crippen LogP contribution in [-0.2, 0) is 16.1 Å². The van der Waals surface area contributed by atoms with E-state index < -0.39 is 0 Å². The Morgan fingerprint density at radius 3 is 2.93 bits per heavy atom. The Hall–Kier alpha value is -2.58. The second-order valence-corrected chi connectivity index (χ2v) is 8.99. The molecule has 0 spiro atoms. The molecule has 1 aliphatic rings. The predicted octanol–water partition coefficient (Wildman–Crippen LogP) is 5.43. The molecule has 1 saturated carbocycles. The van der Waals surface area contributed by atoms with Crippen LogP contribution in [0.4, 0.5) is 0 Å². The topological polar surface area (TPSA) is 78.1 Å². The largest absolute Gasteiger partial charge is 0.455 e. The first-order valence-electron chi connectivity index (χ1n) is 9.65. The Balaban J connectivity index is 1.28. The van der Waals surface area contributed by atoms with Gasteiger partial charge in [-0.1, -0.05) is 30.1 Å². The number of thiazole rings is 1. The molecule has 1 aromatic carbocycles. The van der Waals surface area contributed by atoms with Gasteiger partial charge in [0.05, 0.1) is 21.1 Å². The molecule has 2 unspecified atom stereocenters. The number of nitrogens with zero attached hydrogens (tertiary/aromatic N) is 3. The predicted molar refractivity (Wildman–Crippen MR) is 112 cm³/mol. The molecule has 3 heterocycles. The third-order valence-electron chi connectivity index (χ3n) is 5.28. The fourth-order valence-electron chi connectivity index (χ4n) is 3.82. The highest BCUT2D eigenvalue weighted by molar-refractivity contribution is 7.18. The molecule has 148 valence electrons. The van der Waals surface area contributed by atoms with Crippen molar-refractivity contribution in [3.05, 3.63) is 52.0 Å². The monoisotopic (exact) mass is 425 g/mol. The second-order valence-electron chi connectivity index (χ2n) is 7.15. The Morgan fingerprint density at radius 1 is 1.17 bits per heavy atom. The van der Waals surface area contributed by atoms with E-state index >= 15 is 0 Å². The molecular formula is C21H19N3O3S2. The Morgan fingerprint density at radius 2 is 2.07 bits per heavy atom. The van der Waals surface area contributed by atoms with Crippen LogP contribution in [0.5, 0.6) is 0 Å². The zero-order valence-electron chi connectivity index (χ0n) is 15.6. The minimum atomic E-state index is -0.204. The van der Waals surface area contributed by atoms with Crippen LogP contribution in [0.25, 0.3) is 21.6 Å². The van der Waals surface area contributed by atoms with Crippen LogP contribution in [-0.4, -0.2) is 21.1 Å². The molecule has 1 fully saturated rings. The standard InChI is InChI=1S/C21H19N3O3S2/c25-21(26-11-18-23-19(24-27-18)13-9-10-28-12-13)15-6-2-1-5-14(15)20-22-16-7-3-4-8-17(16)29-20/h3-4,7-10,12,14-15H,1-2,5-6,11H2. The van der Waals surface area contributed by atoms with Gasteiger partial charge in [-0.25, -0.2) is 4.98 Å². The number of para-hydroxylation sites is 1. The normalized spacial score (nSPS) is 19.4. The van der Waals surface area contributed by atoms with Gasteiger partial charge in [-0.2, -0.15) is 16.3 Å². The molecule has 29 heavy (non-hydrogen) atoms. The van der Waals surface area contributed by atoms with E-state index in [2.05, 4.69) is 16.2 Å². The van der Waals surface area contributed by atoms with Crippen molar-refractivity contribution in [2.75, 3.05) is 0 Å². The van der Waals surface area contributed by atoms with Crippen LogP contribution in [0.2, 0.25) is 0 Å². The van der Waals surface area contributed by atoms with Crippen LogP contribution >= 0.6 is 22.7 Å². The SMILES string of the molecule is O=C(OCc1nc(-c2ccsc2)no1)C1CCCCC1c1nc2ccccc2s1. The van der Waals surface area contributed by atoms with Gasteiger partial charge in [0, 0.05) is 16.9 Å². The minimum Gasteiger partial charge on any atom is -0.455 e. The number of rotatable bonds is 5. The zero-order valence-corrected chi connectivity index (χ0v) is 17.2. The molecule has 1 aliphatic carbocycles. The maximum absolute atomic E-state index is 12.9. The fourth-order valence-corrected chi connectivity index (χ4v) is 5.62. The van der Waals surface area contributed by atoms with Gasteiger partial charge in [0.15, 0.2) is 6.61 Å². The summed E-state index contributed by atoms with van der Waals surface area (Å²) in [6, 6.07) is 10.0. The second kappa shape index (κ2) is 8.04. The Bertz CT molecular complexity index is 1090. The molecule has 0 N–H and O–H groups in total. The Labute approximate surface area is 175 Å². The summed E-state index contributed by atoms with van der Waals surface area (Å²) < 4.78 is 12.0. The van der Waals surface area contributed by atoms with E-state index in [0.717, 1.165) is 46.5 Å². The lowest BCUT2D eigenvalue weighted by atomic mass is 9.79. The average molecular weight is 426 g/mol. The first-order chi connectivity index (χ1) is 14.3. The van der Waals surface area contributed by atoms with Crippen LogP contribution in [0, 0.1) is 5.92 Å². The molecule has 6 nitrogen and oxygen atoms in total. The third kappa shape index (κ3) is 3.82. The molecule has 2 atom stereocenters. The minimum absolute atomic E-state index is 0.000957. The highest BCUT2D eigenvalue weighted by Crippen LogP contribution is 2.41. The number of fused-ring (bicyclic) bond motifs is 1. The van der Waals surface area contributed by atoms with Crippen molar-refractivity contribution in [2.24, 2.45) is 5.92 Å². The quantitative estimate of drug-likeness (QED) is 0.397. The van der Waals surface area contributed by atoms with E-state index in [1.807, 2.05) is 35.0 Å². The molecule has 5 rings (SSSR count). The number of ether oxygens (including phenoxy) is 1. The number of carbonyl (C=O) groups excluding carboxylic acids is 1. The lowest BCUT2D eigenvalue weighted by molar-refractivity contribution is -0.152. The highest BCUT2D eigenvalue weighted by atomic mass is 32.1. The van der Waals surface area contributed by atoms with Gasteiger partial charge in [0.2, 0.25) is 5.82 Å². The van der Waals surface area contributed by atoms with E-state index in [0.29, 0.717) is 11.7 Å². The fraction of sp³-hybridized carbons (Fsp3) is 0.333. The van der Waals surface area contributed by atoms with E-state index in [9.17, 15) is 4.79 Å². The number of carbonyl (C=O) groups is 1. The van der Waals surface area contributed by atoms with Crippen molar-refractivity contribution in [1.29, 1.82) is 0 Å². The maximum Gasteiger partial charge on any atom is 0.310 e. The van der Waals surface area contributed by atoms with Crippen molar-refractivity contribution < 1.29 is 14.1 Å². The molecule has 8 heteroatoms. The Kier molecular flexibility index (Phi) is 5.12. The van der Waals surface area contributed by atoms with Crippen molar-refractivity contribution in [3.8, 4) is 11.4 Å². The maximum atomic E-state index is 12.9. The van der Waals surface area contributed by atoms with E-state index in [-0.39, 0.29) is 24.4 Å². The summed E-state index contributed by atoms with van der Waals surface area (Å²) in [6.45, 7) is -0.000957. The third-order valence-corrected chi connectivity index (χ3v) is 7.13. The first-order valence-corrected chi connectivity index (χ1v) is 11.4. The number of thiophene rings is 1. The molecule has 0 radical (unpaired) electrons. The van der Waals surface area contributed by atoms with Gasteiger partial charge in [-0.15, -0.1) is 11.3 Å². The van der Waals surface area contributed by atoms with E-state index in [4.69, 9.17) is 14.2 Å². The lowest BCUT2D eigenvalue weighted by Crippen LogP contribution is -2.27. The number of hydrogen-bond donors (Lipinski definition) is 0. The molecule has 3 aromatic heterocycles. The van der Waals surface area contributed by atoms with Crippen LogP contribution in [0.3, 0.4) is 0 Å². The van der Waals surface area contributed by atoms with Gasteiger partial charge < -0.3 is 9.26 Å². The van der Waals surface area contributed by atoms with E-state index in [1.54, 1.807) is 22.7 Å². The number of benzene rings is 1. The summed E-state index contributed by atoms with van der Waals surface area (Å²) >= 11 is 3.25. The molecule has 0 saturated heterocycles. The molecule has 4 aromatic rings. The van der Waals surface area contributed by atoms with Crippen molar-refractivity contribution >= 4 is 38.9 Å². The van der Waals surface area contributed by atoms with Gasteiger partial charge in [-0.05, 0) is 36.4 Å². The molecule has 0 aliphatic heterocycles. The average Bonchev–Trinajstić information content (AvgIpc) is 3.52. The van der Waals surface area contributed by atoms with Crippen molar-refractivity contribution in [2.45, 2.75) is 38.2 Å². The smallest absolute Gasteiger partial charge is 0.310 e. The number of hydrogen-bond acceptors (Lipinski definition) is 8. The first kappa shape index (κ1) is 18.4. The lowest BCUT2D eigenvalue weighted by Gasteiger charge is -2.28. The van der Waals surface area contributed by atoms with Gasteiger partial charge >= 0.3 is 5.97 Å². The van der Waals surface area contributed by atoms with Crippen molar-refractivity contribution in [1.82, 2.24) is 15.1 Å². The zero-order chi connectivity index (χ0) is 19.6. The van der Waals surface area contributed by atoms with Gasteiger partial charge in [-0.3, -0.25) is 4.79 Å².